The highest BCUT2D eigenvalue weighted by Crippen LogP contribution is 2.22. The molecule has 1 aromatic carbocycles. The number of sulfone groups is 1. The molecule has 2 amide bonds. The van der Waals surface area contributed by atoms with Gasteiger partial charge in [-0.15, -0.1) is 5.10 Å². The molecule has 0 bridgehead atoms. The van der Waals surface area contributed by atoms with E-state index in [4.69, 9.17) is 16.0 Å². The van der Waals surface area contributed by atoms with Crippen LogP contribution in [0.15, 0.2) is 33.9 Å². The third kappa shape index (κ3) is 4.68. The lowest BCUT2D eigenvalue weighted by molar-refractivity contribution is 0.237. The number of carbonyl (C=O) groups is 1. The van der Waals surface area contributed by atoms with Gasteiger partial charge in [0.15, 0.2) is 0 Å². The van der Waals surface area contributed by atoms with Crippen LogP contribution in [-0.2, 0) is 9.84 Å². The first-order valence-corrected chi connectivity index (χ1v) is 9.30. The second kappa shape index (κ2) is 7.18. The number of aromatic nitrogens is 2. The van der Waals surface area contributed by atoms with Crippen LogP contribution in [0.5, 0.6) is 0 Å². The van der Waals surface area contributed by atoms with Gasteiger partial charge in [0.05, 0.1) is 0 Å². The van der Waals surface area contributed by atoms with E-state index in [1.54, 1.807) is 24.3 Å². The number of nitrogens with one attached hydrogen (secondary N) is 2. The number of hydrogen-bond donors (Lipinski definition) is 2. The standard InChI is InChI=1S/C14H17ClN4O4S/c1-8(2)11(12-18-19-14(23-12)24(3,21)22)17-13(20)16-10-6-4-5-9(15)7-10/h4-8,11H,1-3H3,(H2,16,17,20)/t11-/m0/s1. The van der Waals surface area contributed by atoms with Crippen molar-refractivity contribution in [2.45, 2.75) is 25.1 Å². The molecular formula is C14H17ClN4O4S. The zero-order valence-corrected chi connectivity index (χ0v) is 14.9. The molecular weight excluding hydrogens is 356 g/mol. The molecule has 0 fully saturated rings. The van der Waals surface area contributed by atoms with Crippen molar-refractivity contribution in [1.29, 1.82) is 0 Å². The van der Waals surface area contributed by atoms with Gasteiger partial charge in [0.1, 0.15) is 6.04 Å². The Balaban J connectivity index is 2.14. The number of carbonyl (C=O) groups excluding carboxylic acids is 1. The summed E-state index contributed by atoms with van der Waals surface area (Å²) < 4.78 is 28.0. The number of anilines is 1. The maximum Gasteiger partial charge on any atom is 0.335 e. The van der Waals surface area contributed by atoms with Gasteiger partial charge in [-0.25, -0.2) is 13.2 Å². The van der Waals surface area contributed by atoms with Crippen LogP contribution in [0.1, 0.15) is 25.8 Å². The van der Waals surface area contributed by atoms with Gasteiger partial charge in [0.25, 0.3) is 0 Å². The molecule has 1 atom stereocenters. The van der Waals surface area contributed by atoms with Crippen molar-refractivity contribution in [3.63, 3.8) is 0 Å². The molecule has 0 radical (unpaired) electrons. The number of benzene rings is 1. The third-order valence-corrected chi connectivity index (χ3v) is 4.08. The topological polar surface area (TPSA) is 114 Å². The number of rotatable bonds is 5. The number of nitrogens with zero attached hydrogens (tertiary/aromatic N) is 2. The van der Waals surface area contributed by atoms with Gasteiger partial charge in [0, 0.05) is 17.0 Å². The summed E-state index contributed by atoms with van der Waals surface area (Å²) in [5.74, 6) is -0.0883. The van der Waals surface area contributed by atoms with Crippen molar-refractivity contribution in [2.75, 3.05) is 11.6 Å². The van der Waals surface area contributed by atoms with Crippen LogP contribution in [0.25, 0.3) is 0 Å². The minimum absolute atomic E-state index is 0.0201. The Hall–Kier alpha value is -2.13. The highest BCUT2D eigenvalue weighted by Gasteiger charge is 2.26. The van der Waals surface area contributed by atoms with Crippen LogP contribution >= 0.6 is 11.6 Å². The lowest BCUT2D eigenvalue weighted by atomic mass is 10.1. The Morgan fingerprint density at radius 2 is 2.00 bits per heavy atom. The molecule has 130 valence electrons. The van der Waals surface area contributed by atoms with Gasteiger partial charge in [-0.2, -0.15) is 0 Å². The summed E-state index contributed by atoms with van der Waals surface area (Å²) in [7, 11) is -3.61. The van der Waals surface area contributed by atoms with E-state index in [9.17, 15) is 13.2 Å². The first-order valence-electron chi connectivity index (χ1n) is 7.03. The Bertz CT molecular complexity index is 835. The Kier molecular flexibility index (Phi) is 5.45. The molecule has 1 aromatic heterocycles. The molecule has 2 aromatic rings. The van der Waals surface area contributed by atoms with E-state index < -0.39 is 27.1 Å². The van der Waals surface area contributed by atoms with Crippen molar-refractivity contribution in [1.82, 2.24) is 15.5 Å². The first-order chi connectivity index (χ1) is 11.2. The Morgan fingerprint density at radius 1 is 1.29 bits per heavy atom. The van der Waals surface area contributed by atoms with Crippen LogP contribution in [0.4, 0.5) is 10.5 Å². The van der Waals surface area contributed by atoms with E-state index in [0.29, 0.717) is 10.7 Å². The first kappa shape index (κ1) is 18.2. The fourth-order valence-corrected chi connectivity index (χ4v) is 2.50. The molecule has 24 heavy (non-hydrogen) atoms. The number of hydrogen-bond acceptors (Lipinski definition) is 6. The molecule has 0 aliphatic rings. The van der Waals surface area contributed by atoms with Crippen LogP contribution in [0.2, 0.25) is 5.02 Å². The summed E-state index contributed by atoms with van der Waals surface area (Å²) in [5.41, 5.74) is 0.518. The monoisotopic (exact) mass is 372 g/mol. The average molecular weight is 373 g/mol. The van der Waals surface area contributed by atoms with Gasteiger partial charge in [-0.3, -0.25) is 0 Å². The quantitative estimate of drug-likeness (QED) is 0.833. The summed E-state index contributed by atoms with van der Waals surface area (Å²) in [6.45, 7) is 3.66. The fourth-order valence-electron chi connectivity index (χ4n) is 1.88. The molecule has 0 saturated carbocycles. The van der Waals surface area contributed by atoms with E-state index >= 15 is 0 Å². The molecule has 0 aliphatic heterocycles. The van der Waals surface area contributed by atoms with E-state index in [1.165, 1.54) is 0 Å². The van der Waals surface area contributed by atoms with Crippen molar-refractivity contribution in [3.8, 4) is 0 Å². The summed E-state index contributed by atoms with van der Waals surface area (Å²) in [6.07, 6.45) is 0.966. The lowest BCUT2D eigenvalue weighted by Gasteiger charge is -2.19. The van der Waals surface area contributed by atoms with E-state index in [1.807, 2.05) is 13.8 Å². The Labute approximate surface area is 144 Å². The molecule has 0 spiro atoms. The average Bonchev–Trinajstić information content (AvgIpc) is 2.94. The highest BCUT2D eigenvalue weighted by molar-refractivity contribution is 7.90. The zero-order valence-electron chi connectivity index (χ0n) is 13.3. The normalized spacial score (nSPS) is 12.9. The molecule has 0 saturated heterocycles. The molecule has 2 N–H and O–H groups in total. The number of amides is 2. The highest BCUT2D eigenvalue weighted by atomic mass is 35.5. The molecule has 10 heteroatoms. The molecule has 0 aliphatic carbocycles. The maximum atomic E-state index is 12.1. The lowest BCUT2D eigenvalue weighted by Crippen LogP contribution is -2.35. The van der Waals surface area contributed by atoms with Gasteiger partial charge in [-0.1, -0.05) is 36.6 Å². The smallest absolute Gasteiger partial charge is 0.335 e. The Morgan fingerprint density at radius 3 is 2.54 bits per heavy atom. The van der Waals surface area contributed by atoms with Gasteiger partial charge < -0.3 is 15.1 Å². The van der Waals surface area contributed by atoms with Crippen molar-refractivity contribution in [2.24, 2.45) is 5.92 Å². The summed E-state index contributed by atoms with van der Waals surface area (Å²) >= 11 is 5.86. The molecule has 1 heterocycles. The maximum absolute atomic E-state index is 12.1. The van der Waals surface area contributed by atoms with Crippen LogP contribution in [0, 0.1) is 5.92 Å². The second-order valence-corrected chi connectivity index (χ2v) is 7.84. The molecule has 2 rings (SSSR count). The minimum atomic E-state index is -3.61. The summed E-state index contributed by atoms with van der Waals surface area (Å²) in [5, 5.41) is 12.5. The summed E-state index contributed by atoms with van der Waals surface area (Å²) in [4.78, 5) is 12.1. The van der Waals surface area contributed by atoms with E-state index in [-0.39, 0.29) is 11.8 Å². The number of urea groups is 1. The minimum Gasteiger partial charge on any atom is -0.410 e. The van der Waals surface area contributed by atoms with Gasteiger partial charge in [-0.05, 0) is 24.1 Å². The van der Waals surface area contributed by atoms with Crippen molar-refractivity contribution in [3.05, 3.63) is 35.2 Å². The van der Waals surface area contributed by atoms with E-state index in [0.717, 1.165) is 6.26 Å². The number of halogens is 1. The largest absolute Gasteiger partial charge is 0.410 e. The molecule has 8 nitrogen and oxygen atoms in total. The zero-order chi connectivity index (χ0) is 17.9. The SMILES string of the molecule is CC(C)[C@H](NC(=O)Nc1cccc(Cl)c1)c1nnc(S(C)(=O)=O)o1. The van der Waals surface area contributed by atoms with Gasteiger partial charge >= 0.3 is 11.3 Å². The predicted molar refractivity (Wildman–Crippen MR) is 88.6 cm³/mol. The van der Waals surface area contributed by atoms with Crippen molar-refractivity contribution >= 4 is 33.2 Å². The van der Waals surface area contributed by atoms with Gasteiger partial charge in [0.2, 0.25) is 15.7 Å². The fraction of sp³-hybridized carbons (Fsp3) is 0.357. The van der Waals surface area contributed by atoms with Crippen LogP contribution in [0.3, 0.4) is 0 Å². The van der Waals surface area contributed by atoms with E-state index in [2.05, 4.69) is 20.8 Å². The summed E-state index contributed by atoms with van der Waals surface area (Å²) in [6, 6.07) is 5.52. The third-order valence-electron chi connectivity index (χ3n) is 3.04. The van der Waals surface area contributed by atoms with Crippen molar-refractivity contribution < 1.29 is 17.6 Å². The molecule has 0 unspecified atom stereocenters. The van der Waals surface area contributed by atoms with Crippen LogP contribution in [-0.4, -0.2) is 30.9 Å². The predicted octanol–water partition coefficient (Wildman–Crippen LogP) is 2.65. The van der Waals surface area contributed by atoms with Crippen LogP contribution < -0.4 is 10.6 Å². The second-order valence-electron chi connectivity index (χ2n) is 5.51.